The molecule has 1 aliphatic heterocycles. The first-order valence-corrected chi connectivity index (χ1v) is 10.1. The number of hydrogen-bond donors (Lipinski definition) is 0. The normalized spacial score (nSPS) is 17.0. The van der Waals surface area contributed by atoms with Gasteiger partial charge < -0.3 is 9.47 Å². The zero-order valence-electron chi connectivity index (χ0n) is 13.6. The van der Waals surface area contributed by atoms with Crippen molar-refractivity contribution in [1.82, 2.24) is 4.31 Å². The average Bonchev–Trinajstić information content (AvgIpc) is 2.58. The van der Waals surface area contributed by atoms with Crippen molar-refractivity contribution in [2.24, 2.45) is 0 Å². The van der Waals surface area contributed by atoms with Crippen molar-refractivity contribution in [3.05, 3.63) is 18.2 Å². The zero-order valence-corrected chi connectivity index (χ0v) is 15.3. The van der Waals surface area contributed by atoms with Crippen LogP contribution >= 0.6 is 11.8 Å². The lowest BCUT2D eigenvalue weighted by molar-refractivity contribution is -0.154. The van der Waals surface area contributed by atoms with Crippen LogP contribution in [0, 0.1) is 0 Å². The Kier molecular flexibility index (Phi) is 6.79. The second-order valence-electron chi connectivity index (χ2n) is 5.43. The van der Waals surface area contributed by atoms with Gasteiger partial charge in [-0.2, -0.15) is 42.4 Å². The van der Waals surface area contributed by atoms with E-state index >= 15 is 0 Å². The van der Waals surface area contributed by atoms with Gasteiger partial charge in [0.2, 0.25) is 10.0 Å². The van der Waals surface area contributed by atoms with Gasteiger partial charge in [0.1, 0.15) is 16.4 Å². The van der Waals surface area contributed by atoms with Gasteiger partial charge in [0.25, 0.3) is 0 Å². The molecule has 0 aliphatic carbocycles. The molecule has 0 spiro atoms. The van der Waals surface area contributed by atoms with Crippen LogP contribution in [0.5, 0.6) is 11.5 Å². The minimum atomic E-state index is -4.71. The van der Waals surface area contributed by atoms with Crippen LogP contribution in [-0.4, -0.2) is 62.9 Å². The summed E-state index contributed by atoms with van der Waals surface area (Å²) in [5, 5.41) is 0. The molecule has 1 aromatic rings. The highest BCUT2D eigenvalue weighted by Gasteiger charge is 2.34. The molecule has 1 aliphatic rings. The lowest BCUT2D eigenvalue weighted by Crippen LogP contribution is -2.38. The van der Waals surface area contributed by atoms with E-state index in [1.54, 1.807) is 0 Å². The number of nitrogens with zero attached hydrogens (tertiary/aromatic N) is 1. The smallest absolute Gasteiger partial charge is 0.422 e. The second kappa shape index (κ2) is 8.35. The summed E-state index contributed by atoms with van der Waals surface area (Å²) >= 11 is 1.51. The SMILES string of the molecule is O=S(=O)(c1cc(OCC(F)(F)F)ccc1OCC(F)(F)F)N1CCSCC1. The Bertz CT molecular complexity index is 745. The Labute approximate surface area is 155 Å². The lowest BCUT2D eigenvalue weighted by atomic mass is 10.3. The fourth-order valence-corrected chi connectivity index (χ4v) is 4.87. The molecule has 1 aromatic carbocycles. The van der Waals surface area contributed by atoms with E-state index in [9.17, 15) is 34.8 Å². The molecule has 0 N–H and O–H groups in total. The number of alkyl halides is 6. The maximum Gasteiger partial charge on any atom is 0.422 e. The third-order valence-electron chi connectivity index (χ3n) is 3.30. The van der Waals surface area contributed by atoms with Gasteiger partial charge in [-0.15, -0.1) is 0 Å². The van der Waals surface area contributed by atoms with Crippen LogP contribution in [0.15, 0.2) is 23.1 Å². The van der Waals surface area contributed by atoms with Crippen LogP contribution in [0.3, 0.4) is 0 Å². The van der Waals surface area contributed by atoms with Crippen molar-refractivity contribution in [2.45, 2.75) is 17.2 Å². The van der Waals surface area contributed by atoms with Crippen molar-refractivity contribution in [3.63, 3.8) is 0 Å². The fourth-order valence-electron chi connectivity index (χ4n) is 2.15. The first-order chi connectivity index (χ1) is 12.4. The van der Waals surface area contributed by atoms with Crippen LogP contribution < -0.4 is 9.47 Å². The number of ether oxygens (including phenoxy) is 2. The molecular formula is C14H15F6NO4S2. The van der Waals surface area contributed by atoms with Gasteiger partial charge in [-0.05, 0) is 12.1 Å². The Morgan fingerprint density at radius 2 is 1.52 bits per heavy atom. The monoisotopic (exact) mass is 439 g/mol. The highest BCUT2D eigenvalue weighted by atomic mass is 32.2. The van der Waals surface area contributed by atoms with E-state index in [4.69, 9.17) is 0 Å². The van der Waals surface area contributed by atoms with Crippen LogP contribution in [-0.2, 0) is 10.0 Å². The Balaban J connectivity index is 2.35. The van der Waals surface area contributed by atoms with Crippen molar-refractivity contribution < 1.29 is 44.2 Å². The molecule has 2 rings (SSSR count). The Hall–Kier alpha value is -1.34. The molecule has 0 aromatic heterocycles. The van der Waals surface area contributed by atoms with Crippen LogP contribution in [0.2, 0.25) is 0 Å². The Morgan fingerprint density at radius 1 is 0.963 bits per heavy atom. The van der Waals surface area contributed by atoms with Gasteiger partial charge in [-0.25, -0.2) is 8.42 Å². The summed E-state index contributed by atoms with van der Waals surface area (Å²) in [5.74, 6) is -0.0775. The summed E-state index contributed by atoms with van der Waals surface area (Å²) in [7, 11) is -4.27. The van der Waals surface area contributed by atoms with Gasteiger partial charge in [0.15, 0.2) is 13.2 Å². The molecule has 1 fully saturated rings. The highest BCUT2D eigenvalue weighted by Crippen LogP contribution is 2.33. The molecule has 0 atom stereocenters. The quantitative estimate of drug-likeness (QED) is 0.637. The molecule has 0 amide bonds. The lowest BCUT2D eigenvalue weighted by Gasteiger charge is -2.26. The number of thioether (sulfide) groups is 1. The van der Waals surface area contributed by atoms with Gasteiger partial charge in [-0.1, -0.05) is 0 Å². The van der Waals surface area contributed by atoms with E-state index in [1.807, 2.05) is 0 Å². The number of hydrogen-bond acceptors (Lipinski definition) is 5. The summed E-state index contributed by atoms with van der Waals surface area (Å²) in [6.07, 6.45) is -9.37. The Morgan fingerprint density at radius 3 is 2.07 bits per heavy atom. The third-order valence-corrected chi connectivity index (χ3v) is 6.16. The fraction of sp³-hybridized carbons (Fsp3) is 0.571. The van der Waals surface area contributed by atoms with E-state index in [2.05, 4.69) is 9.47 Å². The molecule has 13 heteroatoms. The maximum absolute atomic E-state index is 12.8. The highest BCUT2D eigenvalue weighted by molar-refractivity contribution is 7.99. The summed E-state index contributed by atoms with van der Waals surface area (Å²) in [6, 6.07) is 2.51. The first-order valence-electron chi connectivity index (χ1n) is 7.49. The van der Waals surface area contributed by atoms with Crippen molar-refractivity contribution in [2.75, 3.05) is 37.8 Å². The molecule has 1 saturated heterocycles. The third kappa shape index (κ3) is 6.64. The number of halogens is 6. The minimum Gasteiger partial charge on any atom is -0.484 e. The van der Waals surface area contributed by atoms with E-state index in [-0.39, 0.29) is 13.1 Å². The molecule has 0 bridgehead atoms. The van der Waals surface area contributed by atoms with Gasteiger partial charge in [0, 0.05) is 30.7 Å². The molecule has 154 valence electrons. The van der Waals surface area contributed by atoms with E-state index in [1.165, 1.54) is 11.8 Å². The average molecular weight is 439 g/mol. The largest absolute Gasteiger partial charge is 0.484 e. The second-order valence-corrected chi connectivity index (χ2v) is 8.56. The van der Waals surface area contributed by atoms with E-state index in [0.717, 1.165) is 22.5 Å². The maximum atomic E-state index is 12.8. The molecule has 1 heterocycles. The number of benzene rings is 1. The number of rotatable bonds is 6. The van der Waals surface area contributed by atoms with Gasteiger partial charge >= 0.3 is 12.4 Å². The predicted molar refractivity (Wildman–Crippen MR) is 85.6 cm³/mol. The van der Waals surface area contributed by atoms with Crippen molar-refractivity contribution >= 4 is 21.8 Å². The van der Waals surface area contributed by atoms with Gasteiger partial charge in [0.05, 0.1) is 0 Å². The summed E-state index contributed by atoms with van der Waals surface area (Å²) in [5.41, 5.74) is 0. The first kappa shape index (κ1) is 22.0. The molecule has 0 saturated carbocycles. The topological polar surface area (TPSA) is 55.8 Å². The minimum absolute atomic E-state index is 0.124. The molecule has 0 unspecified atom stereocenters. The van der Waals surface area contributed by atoms with Crippen molar-refractivity contribution in [1.29, 1.82) is 0 Å². The molecule has 5 nitrogen and oxygen atoms in total. The predicted octanol–water partition coefficient (Wildman–Crippen LogP) is 3.31. The zero-order chi connectivity index (χ0) is 20.3. The summed E-state index contributed by atoms with van der Waals surface area (Å²) in [4.78, 5) is -0.668. The van der Waals surface area contributed by atoms with Crippen LogP contribution in [0.1, 0.15) is 0 Å². The summed E-state index contributed by atoms with van der Waals surface area (Å²) in [6.45, 7) is -3.16. The molecule has 27 heavy (non-hydrogen) atoms. The summed E-state index contributed by atoms with van der Waals surface area (Å²) < 4.78 is 110. The van der Waals surface area contributed by atoms with Crippen molar-refractivity contribution in [3.8, 4) is 11.5 Å². The molecular weight excluding hydrogens is 424 g/mol. The van der Waals surface area contributed by atoms with Crippen LogP contribution in [0.25, 0.3) is 0 Å². The standard InChI is InChI=1S/C14H15F6NO4S2/c15-13(16,17)8-24-10-1-2-11(25-9-14(18,19)20)12(7-10)27(22,23)21-3-5-26-6-4-21/h1-2,7H,3-6,8-9H2. The number of sulfonamides is 1. The van der Waals surface area contributed by atoms with E-state index < -0.39 is 52.0 Å². The van der Waals surface area contributed by atoms with Crippen LogP contribution in [0.4, 0.5) is 26.3 Å². The van der Waals surface area contributed by atoms with E-state index in [0.29, 0.717) is 11.5 Å². The molecule has 0 radical (unpaired) electrons. The van der Waals surface area contributed by atoms with Gasteiger partial charge in [-0.3, -0.25) is 0 Å².